The number of halogens is 2. The second-order valence-electron chi connectivity index (χ2n) is 4.84. The Morgan fingerprint density at radius 1 is 1.25 bits per heavy atom. The molecular formula is C7H17Br2HfSi2. The van der Waals surface area contributed by atoms with Crippen molar-refractivity contribution < 1.29 is 16.8 Å². The SMILES string of the molecule is Br.Br.[CH3][Hf]1([CH3])([C]2=CC=CC2)[SiH2][SiH2]1. The molecule has 0 nitrogen and oxygen atoms in total. The Morgan fingerprint density at radius 3 is 2.17 bits per heavy atom. The fraction of sp³-hybridized carbons (Fsp3) is 0.429. The topological polar surface area (TPSA) is 0 Å². The van der Waals surface area contributed by atoms with Crippen molar-refractivity contribution in [1.82, 2.24) is 0 Å². The molecule has 1 aliphatic carbocycles. The molecule has 0 unspecified atom stereocenters. The van der Waals surface area contributed by atoms with Gasteiger partial charge in [-0.3, -0.25) is 0 Å². The Kier molecular flexibility index (Phi) is 4.68. The fourth-order valence-electron chi connectivity index (χ4n) is 1.71. The molecule has 0 spiro atoms. The van der Waals surface area contributed by atoms with Gasteiger partial charge < -0.3 is 0 Å². The standard InChI is InChI=1S/C5H5.2CH3.2BrH.Hf.H4Si2/c1-2-4-5-3-1;;;;;;1-2/h1-3H,4H2;2*1H3;2*1H;;1-2H2. The summed E-state index contributed by atoms with van der Waals surface area (Å²) in [5.41, 5.74) is 0. The van der Waals surface area contributed by atoms with Gasteiger partial charge in [0, 0.05) is 0 Å². The van der Waals surface area contributed by atoms with Crippen LogP contribution >= 0.6 is 34.0 Å². The van der Waals surface area contributed by atoms with Crippen LogP contribution in [0.2, 0.25) is 9.36 Å². The predicted molar refractivity (Wildman–Crippen MR) is 71.3 cm³/mol. The van der Waals surface area contributed by atoms with Crippen LogP contribution in [-0.4, -0.2) is 12.4 Å². The normalized spacial score (nSPS) is 34.2. The van der Waals surface area contributed by atoms with Crippen molar-refractivity contribution in [3.05, 3.63) is 21.6 Å². The molecule has 2 aliphatic rings. The van der Waals surface area contributed by atoms with Crippen molar-refractivity contribution in [2.24, 2.45) is 0 Å². The van der Waals surface area contributed by atoms with Crippen LogP contribution in [0.3, 0.4) is 0 Å². The minimum atomic E-state index is -1.78. The first kappa shape index (κ1) is 13.7. The van der Waals surface area contributed by atoms with Crippen molar-refractivity contribution in [2.45, 2.75) is 15.8 Å². The molecule has 1 aliphatic heterocycles. The zero-order valence-corrected chi connectivity index (χ0v) is 17.5. The first-order chi connectivity index (χ1) is 4.60. The van der Waals surface area contributed by atoms with Crippen LogP contribution in [-0.2, 0) is 16.8 Å². The molecule has 0 N–H and O–H groups in total. The van der Waals surface area contributed by atoms with Gasteiger partial charge in [-0.25, -0.2) is 0 Å². The van der Waals surface area contributed by atoms with Gasteiger partial charge in [-0.05, 0) is 0 Å². The molecule has 5 heteroatoms. The van der Waals surface area contributed by atoms with Crippen molar-refractivity contribution >= 4 is 46.4 Å². The van der Waals surface area contributed by atoms with E-state index in [2.05, 4.69) is 27.6 Å². The average Bonchev–Trinajstić information content (AvgIpc) is 2.35. The molecule has 0 aromatic rings. The molecule has 1 heterocycles. The summed E-state index contributed by atoms with van der Waals surface area (Å²) >= 11 is -1.78. The van der Waals surface area contributed by atoms with Gasteiger partial charge in [0.1, 0.15) is 0 Å². The van der Waals surface area contributed by atoms with Gasteiger partial charge >= 0.3 is 66.6 Å². The van der Waals surface area contributed by atoms with E-state index < -0.39 is 16.8 Å². The summed E-state index contributed by atoms with van der Waals surface area (Å²) in [7, 11) is 0. The second kappa shape index (κ2) is 4.08. The Morgan fingerprint density at radius 2 is 1.83 bits per heavy atom. The zero-order chi connectivity index (χ0) is 7.27. The molecule has 0 saturated carbocycles. The summed E-state index contributed by atoms with van der Waals surface area (Å²) in [6.07, 6.45) is 9.68. The molecule has 0 bridgehead atoms. The number of hydrogen-bond donors (Lipinski definition) is 0. The molecular weight excluding hydrogens is 479 g/mol. The van der Waals surface area contributed by atoms with Gasteiger partial charge in [-0.2, -0.15) is 0 Å². The van der Waals surface area contributed by atoms with Crippen LogP contribution in [0, 0.1) is 0 Å². The van der Waals surface area contributed by atoms with Gasteiger partial charge in [0.15, 0.2) is 0 Å². The fourth-order valence-corrected chi connectivity index (χ4v) is 223. The molecule has 71 valence electrons. The van der Waals surface area contributed by atoms with E-state index in [1.807, 2.05) is 3.33 Å². The zero-order valence-electron chi connectivity index (χ0n) is 7.67. The van der Waals surface area contributed by atoms with E-state index in [0.717, 1.165) is 0 Å². The Bertz CT molecular complexity index is 240. The van der Waals surface area contributed by atoms with Crippen LogP contribution in [0.1, 0.15) is 6.42 Å². The first-order valence-corrected chi connectivity index (χ1v) is 33.8. The summed E-state index contributed by atoms with van der Waals surface area (Å²) in [5, 5.41) is 0. The van der Waals surface area contributed by atoms with Crippen molar-refractivity contribution in [3.63, 3.8) is 0 Å². The van der Waals surface area contributed by atoms with Gasteiger partial charge in [-0.1, -0.05) is 0 Å². The maximum absolute atomic E-state index is 2.73. The van der Waals surface area contributed by atoms with E-state index in [4.69, 9.17) is 0 Å². The molecule has 12 heavy (non-hydrogen) atoms. The molecule has 1 saturated heterocycles. The van der Waals surface area contributed by atoms with Crippen LogP contribution in [0.25, 0.3) is 0 Å². The molecule has 0 aromatic heterocycles. The third-order valence-electron chi connectivity index (χ3n) is 3.37. The van der Waals surface area contributed by atoms with E-state index in [9.17, 15) is 0 Å². The third-order valence-corrected chi connectivity index (χ3v) is 129. The molecule has 2 rings (SSSR count). The predicted octanol–water partition coefficient (Wildman–Crippen LogP) is 1.87. The summed E-state index contributed by atoms with van der Waals surface area (Å²) in [4.78, 5) is 0. The van der Waals surface area contributed by atoms with E-state index in [0.29, 0.717) is 12.4 Å². The molecule has 1 fully saturated rings. The quantitative estimate of drug-likeness (QED) is 0.488. The number of allylic oxidation sites excluding steroid dienone is 4. The summed E-state index contributed by atoms with van der Waals surface area (Å²) in [6, 6.07) is 0. The Balaban J connectivity index is 0.000000605. The Labute approximate surface area is 99.3 Å². The maximum atomic E-state index is 2.73. The molecule has 0 atom stereocenters. The summed E-state index contributed by atoms with van der Waals surface area (Å²) in [6.45, 7) is 0. The molecule has 0 radical (unpaired) electrons. The van der Waals surface area contributed by atoms with Gasteiger partial charge in [0.2, 0.25) is 0 Å². The van der Waals surface area contributed by atoms with Gasteiger partial charge in [0.25, 0.3) is 0 Å². The summed E-state index contributed by atoms with van der Waals surface area (Å²) < 4.78 is 7.44. The third kappa shape index (κ3) is 2.40. The first-order valence-electron chi connectivity index (χ1n) is 4.17. The van der Waals surface area contributed by atoms with Crippen LogP contribution < -0.4 is 0 Å². The van der Waals surface area contributed by atoms with Crippen LogP contribution in [0.5, 0.6) is 0 Å². The van der Waals surface area contributed by atoms with E-state index in [-0.39, 0.29) is 34.0 Å². The van der Waals surface area contributed by atoms with Crippen molar-refractivity contribution in [3.8, 4) is 0 Å². The molecule has 0 amide bonds. The van der Waals surface area contributed by atoms with E-state index in [1.165, 1.54) is 6.42 Å². The number of rotatable bonds is 1. The van der Waals surface area contributed by atoms with Crippen LogP contribution in [0.4, 0.5) is 0 Å². The Hall–Kier alpha value is 1.74. The van der Waals surface area contributed by atoms with Gasteiger partial charge in [-0.15, -0.1) is 34.0 Å². The van der Waals surface area contributed by atoms with E-state index >= 15 is 0 Å². The monoisotopic (exact) mass is 495 g/mol. The van der Waals surface area contributed by atoms with Gasteiger partial charge in [0.05, 0.1) is 0 Å². The van der Waals surface area contributed by atoms with Crippen molar-refractivity contribution in [2.75, 3.05) is 0 Å². The molecule has 0 aromatic carbocycles. The van der Waals surface area contributed by atoms with Crippen molar-refractivity contribution in [1.29, 1.82) is 0 Å². The minimum absolute atomic E-state index is 0. The number of hydrogen-bond acceptors (Lipinski definition) is 0. The van der Waals surface area contributed by atoms with Crippen LogP contribution in [0.15, 0.2) is 21.6 Å². The second-order valence-corrected chi connectivity index (χ2v) is 110. The summed E-state index contributed by atoms with van der Waals surface area (Å²) in [5.74, 6) is 0. The van der Waals surface area contributed by atoms with E-state index in [1.54, 1.807) is 0 Å². The average molecular weight is 496 g/mol.